The third kappa shape index (κ3) is 3.18. The van der Waals surface area contributed by atoms with Gasteiger partial charge in [0, 0.05) is 17.6 Å². The summed E-state index contributed by atoms with van der Waals surface area (Å²) in [6, 6.07) is 9.38. The average molecular weight is 362 g/mol. The number of primary sulfonamides is 1. The first-order chi connectivity index (χ1) is 11.4. The lowest BCUT2D eigenvalue weighted by molar-refractivity contribution is 0.595. The fourth-order valence-corrected chi connectivity index (χ4v) is 3.49. The fraction of sp³-hybridized carbons (Fsp3) is 0.133. The second-order valence-electron chi connectivity index (χ2n) is 5.05. The van der Waals surface area contributed by atoms with Crippen LogP contribution in [0.15, 0.2) is 57.4 Å². The van der Waals surface area contributed by atoms with E-state index in [9.17, 15) is 13.2 Å². The maximum Gasteiger partial charge on any atom is 0.252 e. The Bertz CT molecular complexity index is 1080. The molecule has 0 unspecified atom stereocenters. The van der Waals surface area contributed by atoms with E-state index < -0.39 is 10.0 Å². The normalized spacial score (nSPS) is 11.8. The number of sulfonamides is 1. The van der Waals surface area contributed by atoms with E-state index in [0.29, 0.717) is 21.8 Å². The van der Waals surface area contributed by atoms with Crippen LogP contribution < -0.4 is 10.7 Å². The predicted octanol–water partition coefficient (Wildman–Crippen LogP) is 1.21. The first-order valence-corrected chi connectivity index (χ1v) is 9.68. The maximum atomic E-state index is 12.3. The van der Waals surface area contributed by atoms with Gasteiger partial charge in [-0.15, -0.1) is 0 Å². The van der Waals surface area contributed by atoms with Crippen LogP contribution in [0.2, 0.25) is 0 Å². The quantitative estimate of drug-likeness (QED) is 0.552. The molecule has 0 spiro atoms. The molecule has 2 heterocycles. The van der Waals surface area contributed by atoms with E-state index in [4.69, 9.17) is 5.14 Å². The van der Waals surface area contributed by atoms with Crippen LogP contribution in [0.3, 0.4) is 0 Å². The maximum absolute atomic E-state index is 12.3. The molecule has 24 heavy (non-hydrogen) atoms. The van der Waals surface area contributed by atoms with Gasteiger partial charge in [0.1, 0.15) is 5.65 Å². The first kappa shape index (κ1) is 16.6. The molecule has 0 amide bonds. The number of pyridine rings is 1. The number of benzene rings is 1. The Hall–Kier alpha value is -2.23. The van der Waals surface area contributed by atoms with Crippen molar-refractivity contribution in [2.45, 2.75) is 16.6 Å². The molecular formula is C15H14N4O3S2. The molecule has 1 aromatic carbocycles. The van der Waals surface area contributed by atoms with E-state index in [0.717, 1.165) is 0 Å². The zero-order valence-electron chi connectivity index (χ0n) is 12.7. The molecule has 0 atom stereocenters. The van der Waals surface area contributed by atoms with Gasteiger partial charge in [0.2, 0.25) is 10.0 Å². The number of nitrogens with two attached hydrogens (primary N) is 1. The summed E-state index contributed by atoms with van der Waals surface area (Å²) in [4.78, 5) is 20.9. The minimum atomic E-state index is -3.88. The highest BCUT2D eigenvalue weighted by Crippen LogP contribution is 2.18. The van der Waals surface area contributed by atoms with Crippen molar-refractivity contribution in [2.24, 2.45) is 5.14 Å². The largest absolute Gasteiger partial charge is 0.288 e. The Kier molecular flexibility index (Phi) is 4.39. The van der Waals surface area contributed by atoms with Crippen LogP contribution in [0.25, 0.3) is 11.0 Å². The lowest BCUT2D eigenvalue weighted by atomic mass is 10.2. The van der Waals surface area contributed by atoms with Gasteiger partial charge in [-0.1, -0.05) is 30.0 Å². The molecule has 0 bridgehead atoms. The molecule has 0 fully saturated rings. The van der Waals surface area contributed by atoms with Crippen molar-refractivity contribution in [1.82, 2.24) is 14.5 Å². The molecule has 3 rings (SSSR count). The van der Waals surface area contributed by atoms with Gasteiger partial charge in [-0.3, -0.25) is 9.36 Å². The van der Waals surface area contributed by atoms with Crippen molar-refractivity contribution in [3.63, 3.8) is 0 Å². The number of rotatable bonds is 4. The molecule has 0 saturated carbocycles. The van der Waals surface area contributed by atoms with E-state index in [1.165, 1.54) is 28.5 Å². The second-order valence-corrected chi connectivity index (χ2v) is 7.35. The summed E-state index contributed by atoms with van der Waals surface area (Å²) in [6.07, 6.45) is 3.47. The van der Waals surface area contributed by atoms with Crippen molar-refractivity contribution in [1.29, 1.82) is 0 Å². The van der Waals surface area contributed by atoms with Gasteiger partial charge < -0.3 is 0 Å². The van der Waals surface area contributed by atoms with Gasteiger partial charge in [-0.05, 0) is 24.0 Å². The zero-order valence-corrected chi connectivity index (χ0v) is 14.3. The average Bonchev–Trinajstić information content (AvgIpc) is 2.56. The Labute approximate surface area is 142 Å². The summed E-state index contributed by atoms with van der Waals surface area (Å²) in [6.45, 7) is 0.0492. The minimum Gasteiger partial charge on any atom is -0.288 e. The number of fused-ring (bicyclic) bond motifs is 1. The molecule has 0 aliphatic heterocycles. The topological polar surface area (TPSA) is 108 Å². The van der Waals surface area contributed by atoms with Crippen LogP contribution in [-0.4, -0.2) is 29.2 Å². The van der Waals surface area contributed by atoms with Crippen molar-refractivity contribution in [3.8, 4) is 0 Å². The van der Waals surface area contributed by atoms with Gasteiger partial charge in [-0.25, -0.2) is 23.5 Å². The number of hydrogen-bond acceptors (Lipinski definition) is 6. The first-order valence-electron chi connectivity index (χ1n) is 6.91. The van der Waals surface area contributed by atoms with Crippen molar-refractivity contribution >= 4 is 32.8 Å². The van der Waals surface area contributed by atoms with E-state index in [1.54, 1.807) is 30.5 Å². The number of nitrogens with zero attached hydrogens (tertiary/aromatic N) is 3. The van der Waals surface area contributed by atoms with Crippen LogP contribution in [0.4, 0.5) is 0 Å². The highest BCUT2D eigenvalue weighted by Gasteiger charge is 2.15. The molecule has 0 saturated heterocycles. The van der Waals surface area contributed by atoms with E-state index in [1.807, 2.05) is 6.26 Å². The summed E-state index contributed by atoms with van der Waals surface area (Å²) in [7, 11) is -3.88. The van der Waals surface area contributed by atoms with Gasteiger partial charge in [0.15, 0.2) is 5.16 Å². The summed E-state index contributed by atoms with van der Waals surface area (Å²) >= 11 is 1.36. The van der Waals surface area contributed by atoms with Gasteiger partial charge in [-0.2, -0.15) is 0 Å². The lowest BCUT2D eigenvalue weighted by Crippen LogP contribution is -2.23. The monoisotopic (exact) mass is 362 g/mol. The van der Waals surface area contributed by atoms with Crippen molar-refractivity contribution < 1.29 is 8.42 Å². The summed E-state index contributed by atoms with van der Waals surface area (Å²) < 4.78 is 24.9. The van der Waals surface area contributed by atoms with E-state index in [2.05, 4.69) is 9.97 Å². The Morgan fingerprint density at radius 1 is 1.21 bits per heavy atom. The zero-order chi connectivity index (χ0) is 17.3. The smallest absolute Gasteiger partial charge is 0.252 e. The summed E-state index contributed by atoms with van der Waals surface area (Å²) in [5.41, 5.74) is 0.600. The van der Waals surface area contributed by atoms with E-state index >= 15 is 0 Å². The second kappa shape index (κ2) is 6.34. The van der Waals surface area contributed by atoms with Crippen LogP contribution >= 0.6 is 11.8 Å². The molecule has 9 heteroatoms. The molecular weight excluding hydrogens is 348 g/mol. The highest BCUT2D eigenvalue weighted by molar-refractivity contribution is 7.98. The summed E-state index contributed by atoms with van der Waals surface area (Å²) in [5.74, 6) is 0. The minimum absolute atomic E-state index is 0.00644. The Morgan fingerprint density at radius 2 is 1.96 bits per heavy atom. The van der Waals surface area contributed by atoms with Crippen LogP contribution in [0.5, 0.6) is 0 Å². The van der Waals surface area contributed by atoms with Crippen LogP contribution in [0.1, 0.15) is 5.56 Å². The third-order valence-corrected chi connectivity index (χ3v) is 5.06. The number of thioether (sulfide) groups is 1. The highest BCUT2D eigenvalue weighted by atomic mass is 32.2. The Balaban J connectivity index is 2.21. The summed E-state index contributed by atoms with van der Waals surface area (Å²) in [5, 5.41) is 6.49. The predicted molar refractivity (Wildman–Crippen MR) is 92.5 cm³/mol. The lowest BCUT2D eigenvalue weighted by Gasteiger charge is -2.12. The van der Waals surface area contributed by atoms with Gasteiger partial charge in [0.05, 0.1) is 11.4 Å². The van der Waals surface area contributed by atoms with Gasteiger partial charge >= 0.3 is 0 Å². The molecule has 2 aromatic heterocycles. The SMILES string of the molecule is CSc1ncc2ccc(=O)n(Cc3ccccc3S(N)(=O)=O)c2n1. The third-order valence-electron chi connectivity index (χ3n) is 3.49. The van der Waals surface area contributed by atoms with Crippen LogP contribution in [0, 0.1) is 0 Å². The molecule has 7 nitrogen and oxygen atoms in total. The fourth-order valence-electron chi connectivity index (χ4n) is 2.39. The Morgan fingerprint density at radius 3 is 2.67 bits per heavy atom. The van der Waals surface area contributed by atoms with E-state index in [-0.39, 0.29) is 17.0 Å². The number of hydrogen-bond donors (Lipinski definition) is 1. The molecule has 3 aromatic rings. The molecule has 0 aliphatic carbocycles. The number of aromatic nitrogens is 3. The van der Waals surface area contributed by atoms with Crippen molar-refractivity contribution in [2.75, 3.05) is 6.26 Å². The molecule has 124 valence electrons. The molecule has 0 aliphatic rings. The van der Waals surface area contributed by atoms with Crippen LogP contribution in [-0.2, 0) is 16.6 Å². The standard InChI is InChI=1S/C15H14N4O3S2/c1-23-15-17-8-10-6-7-13(20)19(14(10)18-15)9-11-4-2-3-5-12(11)24(16,21)22/h2-8H,9H2,1H3,(H2,16,21,22). The van der Waals surface area contributed by atoms with Gasteiger partial charge in [0.25, 0.3) is 5.56 Å². The van der Waals surface area contributed by atoms with Crippen molar-refractivity contribution in [3.05, 3.63) is 58.5 Å². The molecule has 2 N–H and O–H groups in total. The molecule has 0 radical (unpaired) electrons.